The Morgan fingerprint density at radius 3 is 2.71 bits per heavy atom. The molecule has 0 amide bonds. The van der Waals surface area contributed by atoms with Crippen molar-refractivity contribution in [3.8, 4) is 17.0 Å². The van der Waals surface area contributed by atoms with Crippen molar-refractivity contribution >= 4 is 22.4 Å². The molecular formula is C25H29N7O2. The second kappa shape index (κ2) is 9.15. The third-order valence-corrected chi connectivity index (χ3v) is 7.11. The molecule has 2 fully saturated rings. The summed E-state index contributed by atoms with van der Waals surface area (Å²) in [6, 6.07) is 9.27. The van der Waals surface area contributed by atoms with Gasteiger partial charge in [-0.15, -0.1) is 5.10 Å². The van der Waals surface area contributed by atoms with E-state index in [1.165, 1.54) is 19.2 Å². The fraction of sp³-hybridized carbons (Fsp3) is 0.440. The number of hydrogen-bond donors (Lipinski definition) is 1. The molecule has 9 heteroatoms. The van der Waals surface area contributed by atoms with E-state index in [1.54, 1.807) is 7.11 Å². The quantitative estimate of drug-likeness (QED) is 0.486. The summed E-state index contributed by atoms with van der Waals surface area (Å²) in [6.45, 7) is 3.86. The van der Waals surface area contributed by atoms with Gasteiger partial charge in [-0.05, 0) is 49.4 Å². The minimum atomic E-state index is 0.415. The van der Waals surface area contributed by atoms with Gasteiger partial charge in [-0.3, -0.25) is 4.90 Å². The van der Waals surface area contributed by atoms with Crippen LogP contribution in [0.15, 0.2) is 43.0 Å². The molecule has 0 atom stereocenters. The monoisotopic (exact) mass is 459 g/mol. The van der Waals surface area contributed by atoms with E-state index in [0.29, 0.717) is 23.9 Å². The van der Waals surface area contributed by atoms with E-state index >= 15 is 0 Å². The Morgan fingerprint density at radius 2 is 1.88 bits per heavy atom. The van der Waals surface area contributed by atoms with Gasteiger partial charge in [0.1, 0.15) is 6.33 Å². The second-order valence-corrected chi connectivity index (χ2v) is 9.05. The summed E-state index contributed by atoms with van der Waals surface area (Å²) < 4.78 is 12.8. The molecule has 0 bridgehead atoms. The number of morpholine rings is 1. The van der Waals surface area contributed by atoms with Gasteiger partial charge in [-0.2, -0.15) is 0 Å². The summed E-state index contributed by atoms with van der Waals surface area (Å²) in [7, 11) is 1.62. The van der Waals surface area contributed by atoms with Crippen LogP contribution in [0, 0.1) is 0 Å². The van der Waals surface area contributed by atoms with Crippen LogP contribution in [0.3, 0.4) is 0 Å². The normalized spacial score (nSPS) is 21.7. The third kappa shape index (κ3) is 4.05. The first-order valence-electron chi connectivity index (χ1n) is 12.0. The maximum absolute atomic E-state index is 5.50. The number of fused-ring (bicyclic) bond motifs is 2. The molecule has 2 aliphatic rings. The van der Waals surface area contributed by atoms with Gasteiger partial charge in [-0.1, -0.05) is 6.07 Å². The van der Waals surface area contributed by atoms with Crippen LogP contribution in [0.2, 0.25) is 0 Å². The van der Waals surface area contributed by atoms with Crippen LogP contribution in [0.25, 0.3) is 27.5 Å². The molecule has 9 nitrogen and oxygen atoms in total. The highest BCUT2D eigenvalue weighted by Crippen LogP contribution is 2.31. The maximum Gasteiger partial charge on any atom is 0.241 e. The van der Waals surface area contributed by atoms with E-state index < -0.39 is 0 Å². The Hall–Kier alpha value is -3.30. The molecule has 0 spiro atoms. The largest absolute Gasteiger partial charge is 0.480 e. The highest BCUT2D eigenvalue weighted by Gasteiger charge is 2.27. The Morgan fingerprint density at radius 1 is 1.03 bits per heavy atom. The Kier molecular flexibility index (Phi) is 5.72. The first-order chi connectivity index (χ1) is 16.8. The van der Waals surface area contributed by atoms with Gasteiger partial charge in [0, 0.05) is 36.9 Å². The standard InChI is InChI=1S/C25H29N7O2/c1-33-24-21-14-17(2-7-22(21)27-16-28-24)20-8-9-32-23(20)15-26-25(30-32)29-18-3-5-19(6-4-18)31-10-12-34-13-11-31/h2,7-9,14-16,18-19H,3-6,10-13H2,1H3,(H,29,30). The van der Waals surface area contributed by atoms with E-state index in [2.05, 4.69) is 43.4 Å². The van der Waals surface area contributed by atoms with Crippen LogP contribution >= 0.6 is 0 Å². The lowest BCUT2D eigenvalue weighted by molar-refractivity contribution is 0.00790. The van der Waals surface area contributed by atoms with Crippen molar-refractivity contribution in [2.45, 2.75) is 37.8 Å². The zero-order valence-corrected chi connectivity index (χ0v) is 19.4. The number of hydrogen-bond acceptors (Lipinski definition) is 8. The Bertz CT molecular complexity index is 1290. The number of rotatable bonds is 5. The first kappa shape index (κ1) is 21.2. The number of nitrogens with one attached hydrogen (secondary N) is 1. The van der Waals surface area contributed by atoms with E-state index in [-0.39, 0.29) is 0 Å². The van der Waals surface area contributed by atoms with Gasteiger partial charge in [0.2, 0.25) is 11.8 Å². The van der Waals surface area contributed by atoms with Crippen LogP contribution in [-0.2, 0) is 4.74 Å². The molecule has 1 saturated carbocycles. The van der Waals surface area contributed by atoms with Crippen LogP contribution in [0.5, 0.6) is 5.88 Å². The SMILES string of the molecule is COc1ncnc2ccc(-c3ccn4nc(NC5CCC(N6CCOCC6)CC5)ncc34)cc12. The lowest BCUT2D eigenvalue weighted by Gasteiger charge is -2.38. The molecule has 176 valence electrons. The number of anilines is 1. The molecule has 1 aromatic carbocycles. The summed E-state index contributed by atoms with van der Waals surface area (Å²) in [4.78, 5) is 15.8. The number of methoxy groups -OCH3 is 1. The summed E-state index contributed by atoms with van der Waals surface area (Å²) in [5.74, 6) is 1.25. The van der Waals surface area contributed by atoms with Gasteiger partial charge in [-0.25, -0.2) is 19.5 Å². The molecule has 1 saturated heterocycles. The minimum Gasteiger partial charge on any atom is -0.480 e. The van der Waals surface area contributed by atoms with Gasteiger partial charge in [0.25, 0.3) is 0 Å². The van der Waals surface area contributed by atoms with Crippen molar-refractivity contribution in [1.82, 2.24) is 29.5 Å². The van der Waals surface area contributed by atoms with Crippen molar-refractivity contribution in [3.05, 3.63) is 43.0 Å². The average Bonchev–Trinajstić information content (AvgIpc) is 3.32. The molecule has 1 aliphatic carbocycles. The second-order valence-electron chi connectivity index (χ2n) is 9.05. The fourth-order valence-electron chi connectivity index (χ4n) is 5.28. The molecular weight excluding hydrogens is 430 g/mol. The number of benzene rings is 1. The molecule has 1 aliphatic heterocycles. The van der Waals surface area contributed by atoms with E-state index in [9.17, 15) is 0 Å². The van der Waals surface area contributed by atoms with E-state index in [4.69, 9.17) is 14.6 Å². The molecule has 34 heavy (non-hydrogen) atoms. The van der Waals surface area contributed by atoms with Gasteiger partial charge in [0.05, 0.1) is 42.9 Å². The minimum absolute atomic E-state index is 0.415. The van der Waals surface area contributed by atoms with Gasteiger partial charge < -0.3 is 14.8 Å². The van der Waals surface area contributed by atoms with Crippen LogP contribution in [0.4, 0.5) is 5.95 Å². The number of aromatic nitrogens is 5. The van der Waals surface area contributed by atoms with Crippen LogP contribution in [0.1, 0.15) is 25.7 Å². The predicted octanol–water partition coefficient (Wildman–Crippen LogP) is 3.40. The third-order valence-electron chi connectivity index (χ3n) is 7.11. The van der Waals surface area contributed by atoms with Crippen molar-refractivity contribution in [1.29, 1.82) is 0 Å². The van der Waals surface area contributed by atoms with Crippen molar-refractivity contribution in [2.24, 2.45) is 0 Å². The predicted molar refractivity (Wildman–Crippen MR) is 130 cm³/mol. The molecule has 6 rings (SSSR count). The van der Waals surface area contributed by atoms with Crippen molar-refractivity contribution in [2.75, 3.05) is 38.7 Å². The Balaban J connectivity index is 1.18. The maximum atomic E-state index is 5.50. The smallest absolute Gasteiger partial charge is 0.241 e. The summed E-state index contributed by atoms with van der Waals surface area (Å²) in [5, 5.41) is 9.19. The molecule has 4 heterocycles. The van der Waals surface area contributed by atoms with Crippen LogP contribution < -0.4 is 10.1 Å². The van der Waals surface area contributed by atoms with Gasteiger partial charge in [0.15, 0.2) is 0 Å². The zero-order chi connectivity index (χ0) is 22.9. The fourth-order valence-corrected chi connectivity index (χ4v) is 5.28. The molecule has 0 radical (unpaired) electrons. The van der Waals surface area contributed by atoms with Crippen molar-refractivity contribution < 1.29 is 9.47 Å². The topological polar surface area (TPSA) is 89.7 Å². The number of nitrogens with zero attached hydrogens (tertiary/aromatic N) is 6. The van der Waals surface area contributed by atoms with Crippen LogP contribution in [-0.4, -0.2) is 75.0 Å². The lowest BCUT2D eigenvalue weighted by atomic mass is 9.90. The van der Waals surface area contributed by atoms with Crippen molar-refractivity contribution in [3.63, 3.8) is 0 Å². The molecule has 4 aromatic rings. The summed E-state index contributed by atoms with van der Waals surface area (Å²) in [5.41, 5.74) is 3.92. The first-order valence-corrected chi connectivity index (χ1v) is 12.0. The Labute approximate surface area is 198 Å². The van der Waals surface area contributed by atoms with E-state index in [0.717, 1.165) is 66.7 Å². The number of ether oxygens (including phenoxy) is 2. The lowest BCUT2D eigenvalue weighted by Crippen LogP contribution is -2.46. The molecule has 1 N–H and O–H groups in total. The zero-order valence-electron chi connectivity index (χ0n) is 19.4. The highest BCUT2D eigenvalue weighted by molar-refractivity contribution is 5.91. The molecule has 0 unspecified atom stereocenters. The average molecular weight is 460 g/mol. The summed E-state index contributed by atoms with van der Waals surface area (Å²) >= 11 is 0. The van der Waals surface area contributed by atoms with E-state index in [1.807, 2.05) is 23.0 Å². The molecule has 3 aromatic heterocycles. The van der Waals surface area contributed by atoms with Gasteiger partial charge >= 0.3 is 0 Å². The highest BCUT2D eigenvalue weighted by atomic mass is 16.5. The summed E-state index contributed by atoms with van der Waals surface area (Å²) in [6.07, 6.45) is 10.1.